The van der Waals surface area contributed by atoms with Crippen molar-refractivity contribution in [2.45, 2.75) is 6.04 Å². The molecule has 0 spiro atoms. The number of rotatable bonds is 3. The highest BCUT2D eigenvalue weighted by Gasteiger charge is 2.30. The van der Waals surface area contributed by atoms with Crippen LogP contribution in [0.2, 0.25) is 0 Å². The van der Waals surface area contributed by atoms with Crippen molar-refractivity contribution >= 4 is 23.0 Å². The van der Waals surface area contributed by atoms with E-state index in [9.17, 15) is 0 Å². The van der Waals surface area contributed by atoms with E-state index in [1.54, 1.807) is 7.11 Å². The molecule has 1 fully saturated rings. The van der Waals surface area contributed by atoms with Gasteiger partial charge in [-0.3, -0.25) is 0 Å². The van der Waals surface area contributed by atoms with Crippen LogP contribution in [0.25, 0.3) is 0 Å². The fourth-order valence-electron chi connectivity index (χ4n) is 3.10. The lowest BCUT2D eigenvalue weighted by molar-refractivity contribution is -0.887. The summed E-state index contributed by atoms with van der Waals surface area (Å²) < 4.78 is 5.20. The molecule has 4 nitrogen and oxygen atoms in total. The first-order valence-corrected chi connectivity index (χ1v) is 8.66. The molecular formula is C19H24N3OS+. The molecule has 5 heteroatoms. The molecular weight excluding hydrogens is 318 g/mol. The van der Waals surface area contributed by atoms with E-state index in [0.717, 1.165) is 36.2 Å². The van der Waals surface area contributed by atoms with Crippen molar-refractivity contribution < 1.29 is 9.64 Å². The normalized spacial score (nSPS) is 20.5. The first-order valence-electron chi connectivity index (χ1n) is 8.25. The maximum atomic E-state index is 5.71. The number of hydrogen-bond acceptors (Lipinski definition) is 2. The minimum atomic E-state index is 0.304. The van der Waals surface area contributed by atoms with Gasteiger partial charge in [0.25, 0.3) is 0 Å². The van der Waals surface area contributed by atoms with E-state index in [2.05, 4.69) is 47.6 Å². The second-order valence-electron chi connectivity index (χ2n) is 6.19. The summed E-state index contributed by atoms with van der Waals surface area (Å²) in [5.41, 5.74) is 2.30. The summed E-state index contributed by atoms with van der Waals surface area (Å²) in [5.74, 6) is 0.844. The van der Waals surface area contributed by atoms with Crippen LogP contribution >= 0.6 is 12.2 Å². The Labute approximate surface area is 149 Å². The minimum Gasteiger partial charge on any atom is -0.497 e. The maximum absolute atomic E-state index is 5.71. The van der Waals surface area contributed by atoms with Gasteiger partial charge in [-0.1, -0.05) is 30.3 Å². The predicted molar refractivity (Wildman–Crippen MR) is 102 cm³/mol. The Morgan fingerprint density at radius 1 is 1.17 bits per heavy atom. The Morgan fingerprint density at radius 2 is 1.88 bits per heavy atom. The van der Waals surface area contributed by atoms with Gasteiger partial charge in [-0.05, 0) is 42.0 Å². The van der Waals surface area contributed by atoms with E-state index in [0.29, 0.717) is 6.04 Å². The topological polar surface area (TPSA) is 28.9 Å². The summed E-state index contributed by atoms with van der Waals surface area (Å²) >= 11 is 5.71. The fourth-order valence-corrected chi connectivity index (χ4v) is 3.43. The Morgan fingerprint density at radius 3 is 2.54 bits per heavy atom. The molecule has 3 rings (SSSR count). The second-order valence-corrected chi connectivity index (χ2v) is 6.58. The number of thiocarbonyl (C=S) groups is 1. The van der Waals surface area contributed by atoms with Crippen molar-refractivity contribution in [3.63, 3.8) is 0 Å². The largest absolute Gasteiger partial charge is 0.497 e. The molecule has 2 N–H and O–H groups in total. The van der Waals surface area contributed by atoms with Crippen LogP contribution in [0, 0.1) is 0 Å². The molecule has 2 atom stereocenters. The molecule has 0 aliphatic carbocycles. The van der Waals surface area contributed by atoms with E-state index in [1.807, 2.05) is 24.3 Å². The summed E-state index contributed by atoms with van der Waals surface area (Å²) in [5, 5.41) is 4.15. The zero-order valence-electron chi connectivity index (χ0n) is 14.2. The Balaban J connectivity index is 1.75. The van der Waals surface area contributed by atoms with Gasteiger partial charge in [-0.15, -0.1) is 0 Å². The number of ether oxygens (including phenoxy) is 1. The first kappa shape index (κ1) is 16.7. The molecule has 0 bridgehead atoms. The van der Waals surface area contributed by atoms with Crippen molar-refractivity contribution in [3.05, 3.63) is 60.2 Å². The molecule has 0 amide bonds. The minimum absolute atomic E-state index is 0.304. The van der Waals surface area contributed by atoms with Gasteiger partial charge in [0.05, 0.1) is 27.2 Å². The van der Waals surface area contributed by atoms with Gasteiger partial charge in [0.15, 0.2) is 5.11 Å². The number of nitrogens with zero attached hydrogens (tertiary/aromatic N) is 1. The van der Waals surface area contributed by atoms with Crippen molar-refractivity contribution in [1.82, 2.24) is 4.90 Å². The van der Waals surface area contributed by atoms with Gasteiger partial charge in [0, 0.05) is 5.69 Å². The van der Waals surface area contributed by atoms with Gasteiger partial charge < -0.3 is 19.9 Å². The van der Waals surface area contributed by atoms with Crippen LogP contribution in [0.5, 0.6) is 5.75 Å². The summed E-state index contributed by atoms with van der Waals surface area (Å²) in [6, 6.07) is 18.8. The van der Waals surface area contributed by atoms with Crippen LogP contribution in [-0.2, 0) is 0 Å². The maximum Gasteiger partial charge on any atom is 0.174 e. The number of benzene rings is 2. The zero-order valence-corrected chi connectivity index (χ0v) is 15.0. The van der Waals surface area contributed by atoms with Crippen molar-refractivity contribution in [3.8, 4) is 5.75 Å². The Hall–Kier alpha value is -2.11. The summed E-state index contributed by atoms with van der Waals surface area (Å²) in [6.07, 6.45) is 0. The van der Waals surface area contributed by atoms with E-state index >= 15 is 0 Å². The lowest BCUT2D eigenvalue weighted by Crippen LogP contribution is -3.12. The van der Waals surface area contributed by atoms with Gasteiger partial charge >= 0.3 is 0 Å². The van der Waals surface area contributed by atoms with Crippen molar-refractivity contribution in [2.75, 3.05) is 39.1 Å². The average Bonchev–Trinajstić information content (AvgIpc) is 2.63. The Kier molecular flexibility index (Phi) is 5.33. The van der Waals surface area contributed by atoms with Crippen LogP contribution in [0.3, 0.4) is 0 Å². The smallest absolute Gasteiger partial charge is 0.174 e. The molecule has 2 aromatic rings. The molecule has 1 unspecified atom stereocenters. The first-order chi connectivity index (χ1) is 11.7. The number of hydrogen-bond donors (Lipinski definition) is 2. The SMILES string of the molecule is COc1ccc(NC(=S)N2CC[NH+](C)C[C@H]2c2ccccc2)cc1. The van der Waals surface area contributed by atoms with E-state index in [4.69, 9.17) is 17.0 Å². The summed E-state index contributed by atoms with van der Waals surface area (Å²) in [7, 11) is 3.91. The molecule has 1 aliphatic rings. The highest BCUT2D eigenvalue weighted by Crippen LogP contribution is 2.22. The van der Waals surface area contributed by atoms with E-state index in [1.165, 1.54) is 10.5 Å². The van der Waals surface area contributed by atoms with Gasteiger partial charge in [-0.2, -0.15) is 0 Å². The quantitative estimate of drug-likeness (QED) is 0.835. The van der Waals surface area contributed by atoms with Gasteiger partial charge in [0.2, 0.25) is 0 Å². The van der Waals surface area contributed by atoms with Gasteiger partial charge in [-0.25, -0.2) is 0 Å². The molecule has 0 aromatic heterocycles. The van der Waals surface area contributed by atoms with Crippen LogP contribution in [0.15, 0.2) is 54.6 Å². The number of quaternary nitrogens is 1. The van der Waals surface area contributed by atoms with E-state index < -0.39 is 0 Å². The number of nitrogens with one attached hydrogen (secondary N) is 2. The lowest BCUT2D eigenvalue weighted by atomic mass is 10.0. The molecule has 1 aliphatic heterocycles. The van der Waals surface area contributed by atoms with Crippen LogP contribution in [0.4, 0.5) is 5.69 Å². The second kappa shape index (κ2) is 7.64. The molecule has 2 aromatic carbocycles. The van der Waals surface area contributed by atoms with Crippen LogP contribution < -0.4 is 15.0 Å². The van der Waals surface area contributed by atoms with E-state index in [-0.39, 0.29) is 0 Å². The number of likely N-dealkylation sites (N-methyl/N-ethyl adjacent to an activating group) is 1. The molecule has 1 saturated heterocycles. The number of anilines is 1. The number of piperazine rings is 1. The summed E-state index contributed by atoms with van der Waals surface area (Å²) in [6.45, 7) is 3.09. The zero-order chi connectivity index (χ0) is 16.9. The third-order valence-corrected chi connectivity index (χ3v) is 4.82. The molecule has 1 heterocycles. The molecule has 0 saturated carbocycles. The third kappa shape index (κ3) is 3.86. The van der Waals surface area contributed by atoms with Crippen molar-refractivity contribution in [2.24, 2.45) is 0 Å². The molecule has 126 valence electrons. The van der Waals surface area contributed by atoms with Crippen LogP contribution in [-0.4, -0.2) is 43.8 Å². The third-order valence-electron chi connectivity index (χ3n) is 4.48. The standard InChI is InChI=1S/C19H23N3OS/c1-21-12-13-22(18(14-21)15-6-4-3-5-7-15)19(24)20-16-8-10-17(23-2)11-9-16/h3-11,18H,12-14H2,1-2H3,(H,20,24)/p+1/t18-/m0/s1. The Bertz CT molecular complexity index is 675. The van der Waals surface area contributed by atoms with Crippen molar-refractivity contribution in [1.29, 1.82) is 0 Å². The van der Waals surface area contributed by atoms with Gasteiger partial charge in [0.1, 0.15) is 18.3 Å². The average molecular weight is 342 g/mol. The predicted octanol–water partition coefficient (Wildman–Crippen LogP) is 1.96. The monoisotopic (exact) mass is 342 g/mol. The molecule has 24 heavy (non-hydrogen) atoms. The van der Waals surface area contributed by atoms with Crippen LogP contribution in [0.1, 0.15) is 11.6 Å². The number of methoxy groups -OCH3 is 1. The lowest BCUT2D eigenvalue weighted by Gasteiger charge is -2.39. The summed E-state index contributed by atoms with van der Waals surface area (Å²) in [4.78, 5) is 3.84. The fraction of sp³-hybridized carbons (Fsp3) is 0.316. The highest BCUT2D eigenvalue weighted by molar-refractivity contribution is 7.80. The highest BCUT2D eigenvalue weighted by atomic mass is 32.1. The molecule has 0 radical (unpaired) electrons.